The molecule has 0 aliphatic rings. The summed E-state index contributed by atoms with van der Waals surface area (Å²) >= 11 is 0. The van der Waals surface area contributed by atoms with Gasteiger partial charge in [0.05, 0.1) is 5.41 Å². The summed E-state index contributed by atoms with van der Waals surface area (Å²) < 4.78 is 0. The zero-order valence-corrected chi connectivity index (χ0v) is 8.69. The van der Waals surface area contributed by atoms with Gasteiger partial charge in [-0.05, 0) is 19.3 Å². The Labute approximate surface area is 75.5 Å². The Morgan fingerprint density at radius 3 is 1.92 bits per heavy atom. The Bertz CT molecular complexity index is 210. The van der Waals surface area contributed by atoms with Gasteiger partial charge in [-0.2, -0.15) is 0 Å². The molecule has 0 unspecified atom stereocenters. The molecular weight excluding hydrogens is 148 g/mol. The molecule has 1 heteroatoms. The zero-order chi connectivity index (χ0) is 9.99. The van der Waals surface area contributed by atoms with Crippen LogP contribution >= 0.6 is 0 Å². The van der Waals surface area contributed by atoms with Crippen molar-refractivity contribution in [3.05, 3.63) is 0 Å². The van der Waals surface area contributed by atoms with Crippen molar-refractivity contribution in [1.29, 1.82) is 0 Å². The van der Waals surface area contributed by atoms with Gasteiger partial charge in [-0.3, -0.25) is 4.79 Å². The van der Waals surface area contributed by atoms with Crippen LogP contribution < -0.4 is 0 Å². The quantitative estimate of drug-likeness (QED) is 0.576. The van der Waals surface area contributed by atoms with E-state index >= 15 is 0 Å². The van der Waals surface area contributed by atoms with Crippen LogP contribution in [0.3, 0.4) is 0 Å². The monoisotopic (exact) mass is 166 g/mol. The molecule has 0 fully saturated rings. The number of rotatable bonds is 2. The number of terminal acetylenes is 1. The van der Waals surface area contributed by atoms with E-state index in [4.69, 9.17) is 6.42 Å². The van der Waals surface area contributed by atoms with Gasteiger partial charge >= 0.3 is 0 Å². The van der Waals surface area contributed by atoms with E-state index in [1.165, 1.54) is 0 Å². The van der Waals surface area contributed by atoms with Crippen LogP contribution in [0.5, 0.6) is 0 Å². The third-order valence-electron chi connectivity index (χ3n) is 1.75. The smallest absolute Gasteiger partial charge is 0.150 e. The van der Waals surface area contributed by atoms with Crippen molar-refractivity contribution in [3.63, 3.8) is 0 Å². The molecule has 0 aromatic heterocycles. The van der Waals surface area contributed by atoms with Gasteiger partial charge in [0.15, 0.2) is 5.78 Å². The first-order valence-corrected chi connectivity index (χ1v) is 4.20. The molecule has 0 saturated carbocycles. The lowest BCUT2D eigenvalue weighted by Crippen LogP contribution is -2.26. The van der Waals surface area contributed by atoms with Gasteiger partial charge in [0.2, 0.25) is 0 Å². The predicted molar refractivity (Wildman–Crippen MR) is 51.7 cm³/mol. The lowest BCUT2D eigenvalue weighted by molar-refractivity contribution is -0.126. The van der Waals surface area contributed by atoms with Gasteiger partial charge in [0.25, 0.3) is 0 Å². The number of Topliss-reactive ketones (excluding diaryl/α,β-unsaturated/α-hetero) is 1. The minimum Gasteiger partial charge on any atom is -0.298 e. The van der Waals surface area contributed by atoms with Gasteiger partial charge in [0.1, 0.15) is 0 Å². The molecule has 0 radical (unpaired) electrons. The molecular formula is C11H18O. The van der Waals surface area contributed by atoms with Crippen LogP contribution in [0.25, 0.3) is 0 Å². The Morgan fingerprint density at radius 2 is 1.67 bits per heavy atom. The van der Waals surface area contributed by atoms with Crippen molar-refractivity contribution >= 4 is 5.78 Å². The van der Waals surface area contributed by atoms with Crippen molar-refractivity contribution in [1.82, 2.24) is 0 Å². The summed E-state index contributed by atoms with van der Waals surface area (Å²) in [4.78, 5) is 11.6. The molecule has 68 valence electrons. The molecule has 0 aromatic rings. The standard InChI is InChI=1S/C11H18O/c1-7-11(5,6)9(12)8-10(2,3)4/h1H,8H2,2-6H3. The number of carbonyl (C=O) groups is 1. The second kappa shape index (κ2) is 3.31. The molecule has 0 atom stereocenters. The number of hydrogen-bond donors (Lipinski definition) is 0. The maximum atomic E-state index is 11.6. The van der Waals surface area contributed by atoms with Gasteiger partial charge in [-0.15, -0.1) is 6.42 Å². The molecule has 0 aliphatic carbocycles. The summed E-state index contributed by atoms with van der Waals surface area (Å²) in [7, 11) is 0. The van der Waals surface area contributed by atoms with Crippen molar-refractivity contribution in [2.75, 3.05) is 0 Å². The Morgan fingerprint density at radius 1 is 1.25 bits per heavy atom. The van der Waals surface area contributed by atoms with Gasteiger partial charge in [-0.25, -0.2) is 0 Å². The van der Waals surface area contributed by atoms with E-state index in [-0.39, 0.29) is 11.2 Å². The highest BCUT2D eigenvalue weighted by molar-refractivity contribution is 5.87. The van der Waals surface area contributed by atoms with E-state index in [2.05, 4.69) is 5.92 Å². The van der Waals surface area contributed by atoms with Crippen molar-refractivity contribution in [2.24, 2.45) is 10.8 Å². The fraction of sp³-hybridized carbons (Fsp3) is 0.727. The summed E-state index contributed by atoms with van der Waals surface area (Å²) in [6, 6.07) is 0. The molecule has 0 saturated heterocycles. The predicted octanol–water partition coefficient (Wildman–Crippen LogP) is 2.65. The summed E-state index contributed by atoms with van der Waals surface area (Å²) in [5.41, 5.74) is -0.571. The minimum atomic E-state index is -0.604. The van der Waals surface area contributed by atoms with Crippen molar-refractivity contribution in [3.8, 4) is 12.3 Å². The van der Waals surface area contributed by atoms with E-state index in [9.17, 15) is 4.79 Å². The van der Waals surface area contributed by atoms with Gasteiger partial charge < -0.3 is 0 Å². The molecule has 0 amide bonds. The Kier molecular flexibility index (Phi) is 3.10. The number of hydrogen-bond acceptors (Lipinski definition) is 1. The number of carbonyl (C=O) groups excluding carboxylic acids is 1. The van der Waals surface area contributed by atoms with Gasteiger partial charge in [-0.1, -0.05) is 26.7 Å². The fourth-order valence-electron chi connectivity index (χ4n) is 0.783. The van der Waals surface area contributed by atoms with Crippen LogP contribution in [0.2, 0.25) is 0 Å². The van der Waals surface area contributed by atoms with Crippen LogP contribution in [0.1, 0.15) is 41.0 Å². The molecule has 0 bridgehead atoms. The first-order valence-electron chi connectivity index (χ1n) is 4.20. The highest BCUT2D eigenvalue weighted by Gasteiger charge is 2.28. The minimum absolute atomic E-state index is 0.0329. The first kappa shape index (κ1) is 11.2. The molecule has 12 heavy (non-hydrogen) atoms. The average Bonchev–Trinajstić information content (AvgIpc) is 1.84. The molecule has 0 aliphatic heterocycles. The lowest BCUT2D eigenvalue weighted by atomic mass is 9.79. The van der Waals surface area contributed by atoms with Crippen LogP contribution in [0.4, 0.5) is 0 Å². The largest absolute Gasteiger partial charge is 0.298 e. The van der Waals surface area contributed by atoms with E-state index in [0.29, 0.717) is 6.42 Å². The zero-order valence-electron chi connectivity index (χ0n) is 8.69. The number of ketones is 1. The average molecular weight is 166 g/mol. The maximum absolute atomic E-state index is 11.6. The third kappa shape index (κ3) is 3.57. The second-order valence-electron chi connectivity index (χ2n) is 4.93. The maximum Gasteiger partial charge on any atom is 0.150 e. The van der Waals surface area contributed by atoms with E-state index in [0.717, 1.165) is 0 Å². The second-order valence-corrected chi connectivity index (χ2v) is 4.93. The molecule has 1 nitrogen and oxygen atoms in total. The highest BCUT2D eigenvalue weighted by atomic mass is 16.1. The normalized spacial score (nSPS) is 12.3. The lowest BCUT2D eigenvalue weighted by Gasteiger charge is -2.23. The van der Waals surface area contributed by atoms with E-state index < -0.39 is 5.41 Å². The Hall–Kier alpha value is -0.770. The summed E-state index contributed by atoms with van der Waals surface area (Å²) in [5, 5.41) is 0. The van der Waals surface area contributed by atoms with Crippen LogP contribution in [0.15, 0.2) is 0 Å². The summed E-state index contributed by atoms with van der Waals surface area (Å²) in [6.45, 7) is 9.70. The van der Waals surface area contributed by atoms with Crippen molar-refractivity contribution in [2.45, 2.75) is 41.0 Å². The SMILES string of the molecule is C#CC(C)(C)C(=O)CC(C)(C)C. The van der Waals surface area contributed by atoms with E-state index in [1.807, 2.05) is 20.8 Å². The highest BCUT2D eigenvalue weighted by Crippen LogP contribution is 2.26. The molecule has 0 aromatic carbocycles. The molecule has 0 spiro atoms. The van der Waals surface area contributed by atoms with Crippen LogP contribution in [-0.2, 0) is 4.79 Å². The Balaban J connectivity index is 4.37. The third-order valence-corrected chi connectivity index (χ3v) is 1.75. The topological polar surface area (TPSA) is 17.1 Å². The molecule has 0 N–H and O–H groups in total. The summed E-state index contributed by atoms with van der Waals surface area (Å²) in [5.74, 6) is 2.66. The van der Waals surface area contributed by atoms with Crippen LogP contribution in [-0.4, -0.2) is 5.78 Å². The van der Waals surface area contributed by atoms with Crippen LogP contribution in [0, 0.1) is 23.2 Å². The summed E-state index contributed by atoms with van der Waals surface area (Å²) in [6.07, 6.45) is 5.80. The molecule has 0 heterocycles. The van der Waals surface area contributed by atoms with E-state index in [1.54, 1.807) is 13.8 Å². The van der Waals surface area contributed by atoms with Crippen molar-refractivity contribution < 1.29 is 4.79 Å². The van der Waals surface area contributed by atoms with Gasteiger partial charge in [0, 0.05) is 6.42 Å². The fourth-order valence-corrected chi connectivity index (χ4v) is 0.783. The molecule has 0 rings (SSSR count). The first-order chi connectivity index (χ1) is 5.19.